The quantitative estimate of drug-likeness (QED) is 0.814. The van der Waals surface area contributed by atoms with Gasteiger partial charge in [0, 0.05) is 6.54 Å². The van der Waals surface area contributed by atoms with E-state index in [1.807, 2.05) is 31.2 Å². The van der Waals surface area contributed by atoms with Crippen LogP contribution in [-0.4, -0.2) is 17.6 Å². The minimum atomic E-state index is -0.948. The number of aliphatic carboxylic acids is 1. The Labute approximate surface area is 109 Å². The Hall–Kier alpha value is -1.35. The molecular formula is C15H23NO2. The van der Waals surface area contributed by atoms with Crippen LogP contribution in [0.4, 0.5) is 0 Å². The minimum absolute atomic E-state index is 0.137. The molecule has 1 aromatic rings. The van der Waals surface area contributed by atoms with Crippen LogP contribution in [-0.2, 0) is 10.2 Å². The van der Waals surface area contributed by atoms with Crippen LogP contribution >= 0.6 is 0 Å². The summed E-state index contributed by atoms with van der Waals surface area (Å²) in [7, 11) is 0. The van der Waals surface area contributed by atoms with Gasteiger partial charge >= 0.3 is 5.97 Å². The Bertz CT molecular complexity index is 415. The Morgan fingerprint density at radius 2 is 2.11 bits per heavy atom. The van der Waals surface area contributed by atoms with E-state index in [9.17, 15) is 9.90 Å². The Kier molecular flexibility index (Phi) is 4.91. The predicted octanol–water partition coefficient (Wildman–Crippen LogP) is 2.71. The van der Waals surface area contributed by atoms with E-state index in [0.29, 0.717) is 12.3 Å². The topological polar surface area (TPSA) is 63.3 Å². The molecule has 1 atom stereocenters. The zero-order chi connectivity index (χ0) is 13.8. The van der Waals surface area contributed by atoms with Gasteiger partial charge in [0.2, 0.25) is 0 Å². The van der Waals surface area contributed by atoms with Crippen LogP contribution in [0.2, 0.25) is 0 Å². The number of benzene rings is 1. The molecule has 0 heterocycles. The van der Waals surface area contributed by atoms with Crippen LogP contribution in [0.25, 0.3) is 0 Å². The molecule has 0 aliphatic rings. The summed E-state index contributed by atoms with van der Waals surface area (Å²) in [6, 6.07) is 7.66. The van der Waals surface area contributed by atoms with Crippen molar-refractivity contribution in [3.63, 3.8) is 0 Å². The molecule has 100 valence electrons. The van der Waals surface area contributed by atoms with Crippen LogP contribution in [0.3, 0.4) is 0 Å². The van der Waals surface area contributed by atoms with Gasteiger partial charge in [-0.15, -0.1) is 0 Å². The molecule has 3 heteroatoms. The molecule has 1 aromatic carbocycles. The van der Waals surface area contributed by atoms with Gasteiger partial charge < -0.3 is 10.8 Å². The highest BCUT2D eigenvalue weighted by Crippen LogP contribution is 2.31. The lowest BCUT2D eigenvalue weighted by molar-refractivity contribution is -0.143. The smallest absolute Gasteiger partial charge is 0.315 e. The molecule has 0 aromatic heterocycles. The first-order chi connectivity index (χ1) is 8.42. The molecule has 0 saturated heterocycles. The van der Waals surface area contributed by atoms with E-state index in [1.165, 1.54) is 0 Å². The first-order valence-corrected chi connectivity index (χ1v) is 6.43. The van der Waals surface area contributed by atoms with E-state index in [4.69, 9.17) is 5.73 Å². The van der Waals surface area contributed by atoms with Crippen molar-refractivity contribution in [2.45, 2.75) is 39.0 Å². The maximum absolute atomic E-state index is 11.7. The number of carbonyl (C=O) groups is 1. The zero-order valence-corrected chi connectivity index (χ0v) is 11.4. The van der Waals surface area contributed by atoms with E-state index < -0.39 is 11.4 Å². The van der Waals surface area contributed by atoms with Crippen LogP contribution < -0.4 is 5.73 Å². The van der Waals surface area contributed by atoms with E-state index in [0.717, 1.165) is 17.5 Å². The van der Waals surface area contributed by atoms with E-state index >= 15 is 0 Å². The standard InChI is InChI=1S/C15H23NO2/c1-11(2)7-8-15(10-16,14(17)18)13-6-4-5-12(3)9-13/h4-6,9,11H,7-8,10,16H2,1-3H3,(H,17,18). The lowest BCUT2D eigenvalue weighted by Gasteiger charge is -2.29. The molecule has 18 heavy (non-hydrogen) atoms. The van der Waals surface area contributed by atoms with E-state index in [1.54, 1.807) is 0 Å². The predicted molar refractivity (Wildman–Crippen MR) is 73.6 cm³/mol. The van der Waals surface area contributed by atoms with Crippen LogP contribution in [0.5, 0.6) is 0 Å². The highest BCUT2D eigenvalue weighted by Gasteiger charge is 2.38. The number of hydrogen-bond acceptors (Lipinski definition) is 2. The van der Waals surface area contributed by atoms with Crippen LogP contribution in [0, 0.1) is 12.8 Å². The normalized spacial score (nSPS) is 14.5. The summed E-state index contributed by atoms with van der Waals surface area (Å²) >= 11 is 0. The summed E-state index contributed by atoms with van der Waals surface area (Å²) in [6.45, 7) is 6.30. The van der Waals surface area contributed by atoms with Crippen molar-refractivity contribution in [2.75, 3.05) is 6.54 Å². The van der Waals surface area contributed by atoms with Gasteiger partial charge in [0.15, 0.2) is 0 Å². The lowest BCUT2D eigenvalue weighted by atomic mass is 9.75. The molecule has 0 bridgehead atoms. The zero-order valence-electron chi connectivity index (χ0n) is 11.4. The summed E-state index contributed by atoms with van der Waals surface area (Å²) in [5.41, 5.74) is 6.73. The van der Waals surface area contributed by atoms with E-state index in [-0.39, 0.29) is 6.54 Å². The third kappa shape index (κ3) is 3.10. The SMILES string of the molecule is Cc1cccc(C(CN)(CCC(C)C)C(=O)O)c1. The van der Waals surface area contributed by atoms with Crippen molar-refractivity contribution in [1.82, 2.24) is 0 Å². The van der Waals surface area contributed by atoms with Crippen molar-refractivity contribution in [1.29, 1.82) is 0 Å². The van der Waals surface area contributed by atoms with Crippen molar-refractivity contribution >= 4 is 5.97 Å². The fourth-order valence-corrected chi connectivity index (χ4v) is 2.16. The fourth-order valence-electron chi connectivity index (χ4n) is 2.16. The molecule has 3 N–H and O–H groups in total. The molecule has 0 amide bonds. The number of rotatable bonds is 6. The van der Waals surface area contributed by atoms with Gasteiger partial charge in [0.1, 0.15) is 5.41 Å². The highest BCUT2D eigenvalue weighted by molar-refractivity contribution is 5.81. The summed E-state index contributed by atoms with van der Waals surface area (Å²) < 4.78 is 0. The second-order valence-electron chi connectivity index (χ2n) is 5.39. The second-order valence-corrected chi connectivity index (χ2v) is 5.39. The molecule has 1 rings (SSSR count). The maximum atomic E-state index is 11.7. The van der Waals surface area contributed by atoms with Crippen molar-refractivity contribution in [3.05, 3.63) is 35.4 Å². The Balaban J connectivity index is 3.14. The molecule has 0 saturated carbocycles. The molecule has 3 nitrogen and oxygen atoms in total. The lowest BCUT2D eigenvalue weighted by Crippen LogP contribution is -2.43. The van der Waals surface area contributed by atoms with Gasteiger partial charge in [0.05, 0.1) is 0 Å². The van der Waals surface area contributed by atoms with Gasteiger partial charge in [-0.05, 0) is 31.2 Å². The molecule has 1 unspecified atom stereocenters. The van der Waals surface area contributed by atoms with Gasteiger partial charge in [-0.25, -0.2) is 0 Å². The molecule has 0 spiro atoms. The average molecular weight is 249 g/mol. The summed E-state index contributed by atoms with van der Waals surface area (Å²) in [5.74, 6) is -0.351. The number of aryl methyl sites for hydroxylation is 1. The van der Waals surface area contributed by atoms with Gasteiger partial charge in [-0.2, -0.15) is 0 Å². The first kappa shape index (κ1) is 14.7. The Morgan fingerprint density at radius 1 is 1.44 bits per heavy atom. The van der Waals surface area contributed by atoms with Crippen molar-refractivity contribution < 1.29 is 9.90 Å². The molecule has 0 radical (unpaired) electrons. The largest absolute Gasteiger partial charge is 0.481 e. The van der Waals surface area contributed by atoms with Crippen molar-refractivity contribution in [2.24, 2.45) is 11.7 Å². The monoisotopic (exact) mass is 249 g/mol. The van der Waals surface area contributed by atoms with Crippen LogP contribution in [0.1, 0.15) is 37.8 Å². The number of carboxylic acids is 1. The molecular weight excluding hydrogens is 226 g/mol. The number of nitrogens with two attached hydrogens (primary N) is 1. The molecule has 0 aliphatic heterocycles. The second kappa shape index (κ2) is 6.01. The highest BCUT2D eigenvalue weighted by atomic mass is 16.4. The number of carboxylic acid groups (broad SMARTS) is 1. The Morgan fingerprint density at radius 3 is 2.56 bits per heavy atom. The van der Waals surface area contributed by atoms with Crippen molar-refractivity contribution in [3.8, 4) is 0 Å². The van der Waals surface area contributed by atoms with Gasteiger partial charge in [-0.1, -0.05) is 43.7 Å². The van der Waals surface area contributed by atoms with Gasteiger partial charge in [-0.3, -0.25) is 4.79 Å². The summed E-state index contributed by atoms with van der Waals surface area (Å²) in [4.78, 5) is 11.7. The number of hydrogen-bond donors (Lipinski definition) is 2. The average Bonchev–Trinajstić information content (AvgIpc) is 2.29. The van der Waals surface area contributed by atoms with Gasteiger partial charge in [0.25, 0.3) is 0 Å². The van der Waals surface area contributed by atoms with Crippen LogP contribution in [0.15, 0.2) is 24.3 Å². The minimum Gasteiger partial charge on any atom is -0.481 e. The summed E-state index contributed by atoms with van der Waals surface area (Å²) in [5, 5.41) is 9.60. The molecule has 0 fully saturated rings. The fraction of sp³-hybridized carbons (Fsp3) is 0.533. The third-order valence-electron chi connectivity index (χ3n) is 3.48. The molecule has 0 aliphatic carbocycles. The first-order valence-electron chi connectivity index (χ1n) is 6.43. The third-order valence-corrected chi connectivity index (χ3v) is 3.48. The maximum Gasteiger partial charge on any atom is 0.315 e. The van der Waals surface area contributed by atoms with E-state index in [2.05, 4.69) is 13.8 Å². The summed E-state index contributed by atoms with van der Waals surface area (Å²) in [6.07, 6.45) is 1.44.